The molecule has 37 heavy (non-hydrogen) atoms. The van der Waals surface area contributed by atoms with E-state index in [2.05, 4.69) is 20.0 Å². The molecule has 2 N–H and O–H groups in total. The van der Waals surface area contributed by atoms with Crippen LogP contribution in [0.1, 0.15) is 30.4 Å². The predicted octanol–water partition coefficient (Wildman–Crippen LogP) is 5.08. The van der Waals surface area contributed by atoms with Crippen LogP contribution in [-0.4, -0.2) is 50.2 Å². The fraction of sp³-hybridized carbons (Fsp3) is 0.375. The highest BCUT2D eigenvalue weighted by Crippen LogP contribution is 2.36. The predicted molar refractivity (Wildman–Crippen MR) is 149 cm³/mol. The van der Waals surface area contributed by atoms with Gasteiger partial charge in [0, 0.05) is 37.4 Å². The Hall–Kier alpha value is -2.60. The zero-order valence-electron chi connectivity index (χ0n) is 20.3. The fourth-order valence-corrected chi connectivity index (χ4v) is 6.16. The van der Waals surface area contributed by atoms with Crippen molar-refractivity contribution in [3.63, 3.8) is 0 Å². The number of anilines is 2. The molecule has 0 spiro atoms. The average Bonchev–Trinajstić information content (AvgIpc) is 3.52. The number of sulfonamides is 1. The van der Waals surface area contributed by atoms with Crippen molar-refractivity contribution in [1.82, 2.24) is 14.7 Å². The lowest BCUT2D eigenvalue weighted by atomic mass is 9.96. The van der Waals surface area contributed by atoms with E-state index in [1.165, 1.54) is 17.4 Å². The van der Waals surface area contributed by atoms with E-state index in [9.17, 15) is 13.2 Å². The van der Waals surface area contributed by atoms with Gasteiger partial charge in [-0.05, 0) is 37.1 Å². The van der Waals surface area contributed by atoms with Crippen LogP contribution in [0, 0.1) is 5.92 Å². The number of hydrogen-bond donors (Lipinski definition) is 2. The number of aryl methyl sites for hydroxylation is 1. The molecule has 1 saturated heterocycles. The zero-order valence-corrected chi connectivity index (χ0v) is 23.5. The highest BCUT2D eigenvalue weighted by atomic mass is 35.5. The molecule has 1 aliphatic rings. The number of hydrogen-bond acceptors (Lipinski definition) is 9. The van der Waals surface area contributed by atoms with Gasteiger partial charge in [-0.25, -0.2) is 18.4 Å². The molecule has 4 heterocycles. The molecule has 13 heteroatoms. The van der Waals surface area contributed by atoms with Crippen molar-refractivity contribution < 1.29 is 17.6 Å². The van der Waals surface area contributed by atoms with Crippen LogP contribution in [0.3, 0.4) is 0 Å². The topological polar surface area (TPSA) is 117 Å². The zero-order chi connectivity index (χ0) is 26.6. The first-order valence-corrected chi connectivity index (χ1v) is 15.0. The fourth-order valence-electron chi connectivity index (χ4n) is 3.99. The molecule has 1 aliphatic heterocycles. The van der Waals surface area contributed by atoms with Crippen molar-refractivity contribution in [2.75, 3.05) is 36.1 Å². The van der Waals surface area contributed by atoms with Gasteiger partial charge in [0.25, 0.3) is 0 Å². The summed E-state index contributed by atoms with van der Waals surface area (Å²) in [6, 6.07) is 5.31. The summed E-state index contributed by atoms with van der Waals surface area (Å²) in [7, 11) is -2.03. The molecule has 0 radical (unpaired) electrons. The quantitative estimate of drug-likeness (QED) is 0.358. The minimum absolute atomic E-state index is 0.296. The summed E-state index contributed by atoms with van der Waals surface area (Å²) in [6.45, 7) is 2.99. The van der Waals surface area contributed by atoms with Gasteiger partial charge in [-0.2, -0.15) is 0 Å². The highest BCUT2D eigenvalue weighted by molar-refractivity contribution is 7.90. The monoisotopic (exact) mass is 583 g/mol. The third kappa shape index (κ3) is 6.84. The lowest BCUT2D eigenvalue weighted by Crippen LogP contribution is -2.43. The Morgan fingerprint density at radius 2 is 2.05 bits per heavy atom. The summed E-state index contributed by atoms with van der Waals surface area (Å²) in [5.41, 5.74) is 0.659. The number of aromatic nitrogens is 2. The molecule has 4 rings (SSSR count). The summed E-state index contributed by atoms with van der Waals surface area (Å²) in [4.78, 5) is 24.5. The Morgan fingerprint density at radius 1 is 1.30 bits per heavy atom. The minimum Gasteiger partial charge on any atom is -0.441 e. The van der Waals surface area contributed by atoms with Gasteiger partial charge in [0.15, 0.2) is 0 Å². The van der Waals surface area contributed by atoms with Gasteiger partial charge in [0.05, 0.1) is 26.9 Å². The Morgan fingerprint density at radius 3 is 2.68 bits per heavy atom. The summed E-state index contributed by atoms with van der Waals surface area (Å²) < 4.78 is 33.4. The standard InChI is InChI=1S/C24H27Cl2N5O4S2/c1-3-16-14-28-24(35-16)18-13-19(25)22(29-21(18)27-2)31-10-8-15(9-11-31)23(32)30-37(33,34)12-4-5-17-6-7-20(26)36-17/h4-7,13-15H,3,8-12H2,1-2H3,(H,27,29)(H,30,32). The van der Waals surface area contributed by atoms with Crippen molar-refractivity contribution in [2.45, 2.75) is 26.2 Å². The molecular formula is C24H27Cl2N5O4S2. The Kier molecular flexibility index (Phi) is 8.79. The van der Waals surface area contributed by atoms with Crippen LogP contribution >= 0.6 is 34.5 Å². The smallest absolute Gasteiger partial charge is 0.238 e. The SMILES string of the molecule is CCc1cnc(-c2cc(Cl)c(N3CCC(C(=O)NS(=O)(=O)CC=Cc4ccc(Cl)s4)CC3)nc2NC)o1. The van der Waals surface area contributed by atoms with Crippen molar-refractivity contribution in [2.24, 2.45) is 5.92 Å². The maximum atomic E-state index is 12.7. The first kappa shape index (κ1) is 27.4. The van der Waals surface area contributed by atoms with Crippen LogP contribution in [0.25, 0.3) is 17.5 Å². The number of carbonyl (C=O) groups excluding carboxylic acids is 1. The second-order valence-electron chi connectivity index (χ2n) is 8.48. The van der Waals surface area contributed by atoms with E-state index in [4.69, 9.17) is 27.6 Å². The number of halogens is 2. The van der Waals surface area contributed by atoms with E-state index >= 15 is 0 Å². The number of amides is 1. The first-order chi connectivity index (χ1) is 17.7. The van der Waals surface area contributed by atoms with Gasteiger partial charge in [-0.3, -0.25) is 9.52 Å². The maximum Gasteiger partial charge on any atom is 0.238 e. The van der Waals surface area contributed by atoms with E-state index in [0.717, 1.165) is 17.1 Å². The van der Waals surface area contributed by atoms with E-state index in [-0.39, 0.29) is 5.75 Å². The first-order valence-electron chi connectivity index (χ1n) is 11.7. The summed E-state index contributed by atoms with van der Waals surface area (Å²) in [5.74, 6) is 1.16. The number of thiophene rings is 1. The van der Waals surface area contributed by atoms with Crippen LogP contribution in [0.15, 0.2) is 34.9 Å². The second kappa shape index (κ2) is 11.8. The van der Waals surface area contributed by atoms with Crippen molar-refractivity contribution in [3.8, 4) is 11.5 Å². The third-order valence-corrected chi connectivity index (χ3v) is 8.56. The van der Waals surface area contributed by atoms with Crippen LogP contribution in [0.4, 0.5) is 11.6 Å². The van der Waals surface area contributed by atoms with E-state index in [0.29, 0.717) is 58.4 Å². The summed E-state index contributed by atoms with van der Waals surface area (Å²) in [6.07, 6.45) is 6.52. The molecule has 0 unspecified atom stereocenters. The molecule has 0 bridgehead atoms. The highest BCUT2D eigenvalue weighted by Gasteiger charge is 2.29. The number of pyridine rings is 1. The minimum atomic E-state index is -3.79. The molecule has 3 aromatic heterocycles. The van der Waals surface area contributed by atoms with Gasteiger partial charge in [-0.15, -0.1) is 11.3 Å². The van der Waals surface area contributed by atoms with E-state index in [1.54, 1.807) is 37.5 Å². The molecule has 9 nitrogen and oxygen atoms in total. The van der Waals surface area contributed by atoms with Crippen molar-refractivity contribution >= 4 is 68.2 Å². The van der Waals surface area contributed by atoms with Crippen LogP contribution in [0.2, 0.25) is 9.36 Å². The van der Waals surface area contributed by atoms with Crippen LogP contribution < -0.4 is 14.9 Å². The van der Waals surface area contributed by atoms with Gasteiger partial charge in [0.2, 0.25) is 21.8 Å². The molecule has 0 saturated carbocycles. The molecule has 198 valence electrons. The number of carbonyl (C=O) groups is 1. The van der Waals surface area contributed by atoms with Gasteiger partial charge < -0.3 is 14.6 Å². The molecule has 3 aromatic rings. The van der Waals surface area contributed by atoms with Crippen LogP contribution in [0.5, 0.6) is 0 Å². The molecule has 1 amide bonds. The molecule has 0 atom stereocenters. The Bertz CT molecular complexity index is 1400. The summed E-state index contributed by atoms with van der Waals surface area (Å²) >= 11 is 13.8. The van der Waals surface area contributed by atoms with Crippen LogP contribution in [-0.2, 0) is 21.2 Å². The lowest BCUT2D eigenvalue weighted by Gasteiger charge is -2.32. The van der Waals surface area contributed by atoms with Crippen molar-refractivity contribution in [1.29, 1.82) is 0 Å². The number of rotatable bonds is 9. The van der Waals surface area contributed by atoms with Gasteiger partial charge in [-0.1, -0.05) is 36.2 Å². The number of piperidine rings is 1. The number of nitrogens with one attached hydrogen (secondary N) is 2. The second-order valence-corrected chi connectivity index (χ2v) is 12.4. The molecule has 0 aliphatic carbocycles. The Labute approximate surface area is 229 Å². The van der Waals surface area contributed by atoms with Gasteiger partial charge >= 0.3 is 0 Å². The molecule has 0 aromatic carbocycles. The maximum absolute atomic E-state index is 12.7. The normalized spacial score (nSPS) is 14.9. The largest absolute Gasteiger partial charge is 0.441 e. The molecular weight excluding hydrogens is 557 g/mol. The summed E-state index contributed by atoms with van der Waals surface area (Å²) in [5, 5.41) is 3.51. The van der Waals surface area contributed by atoms with Crippen molar-refractivity contribution in [3.05, 3.63) is 50.5 Å². The third-order valence-electron chi connectivity index (χ3n) is 5.94. The molecule has 1 fully saturated rings. The van der Waals surface area contributed by atoms with Gasteiger partial charge in [0.1, 0.15) is 17.4 Å². The Balaban J connectivity index is 1.36. The number of oxazole rings is 1. The number of nitrogens with zero attached hydrogens (tertiary/aromatic N) is 3. The lowest BCUT2D eigenvalue weighted by molar-refractivity contribution is -0.123. The van der Waals surface area contributed by atoms with E-state index < -0.39 is 21.8 Å². The average molecular weight is 585 g/mol. The van der Waals surface area contributed by atoms with E-state index in [1.807, 2.05) is 11.8 Å².